The molecule has 90 valence electrons. The molecule has 18 heavy (non-hydrogen) atoms. The van der Waals surface area contributed by atoms with E-state index < -0.39 is 0 Å². The van der Waals surface area contributed by atoms with Crippen molar-refractivity contribution in [2.45, 2.75) is 6.54 Å². The van der Waals surface area contributed by atoms with Gasteiger partial charge in [0, 0.05) is 4.47 Å². The van der Waals surface area contributed by atoms with E-state index in [1.54, 1.807) is 10.9 Å². The lowest BCUT2D eigenvalue weighted by atomic mass is 10.2. The Morgan fingerprint density at radius 1 is 1.39 bits per heavy atom. The van der Waals surface area contributed by atoms with Crippen LogP contribution in [0.25, 0.3) is 11.0 Å². The minimum atomic E-state index is -0.166. The van der Waals surface area contributed by atoms with Crippen molar-refractivity contribution in [1.82, 2.24) is 19.7 Å². The van der Waals surface area contributed by atoms with Crippen LogP contribution in [0.1, 0.15) is 5.56 Å². The Balaban J connectivity index is 2.06. The summed E-state index contributed by atoms with van der Waals surface area (Å²) in [5, 5.41) is 4.71. The van der Waals surface area contributed by atoms with Gasteiger partial charge in [-0.25, -0.2) is 9.67 Å². The number of hydrogen-bond acceptors (Lipinski definition) is 3. The third kappa shape index (κ3) is 1.95. The van der Waals surface area contributed by atoms with Crippen molar-refractivity contribution < 1.29 is 0 Å². The Kier molecular flexibility index (Phi) is 2.71. The Hall–Kier alpha value is -1.95. The van der Waals surface area contributed by atoms with Gasteiger partial charge in [-0.05, 0) is 17.7 Å². The molecule has 0 bridgehead atoms. The van der Waals surface area contributed by atoms with Gasteiger partial charge in [0.25, 0.3) is 5.56 Å². The zero-order valence-electron chi connectivity index (χ0n) is 9.30. The maximum absolute atomic E-state index is 11.5. The number of nitrogens with zero attached hydrogens (tertiary/aromatic N) is 3. The first kappa shape index (κ1) is 11.2. The van der Waals surface area contributed by atoms with Gasteiger partial charge in [0.2, 0.25) is 0 Å². The highest BCUT2D eigenvalue weighted by Crippen LogP contribution is 2.14. The van der Waals surface area contributed by atoms with Crippen LogP contribution in [-0.2, 0) is 6.54 Å². The summed E-state index contributed by atoms with van der Waals surface area (Å²) in [6.07, 6.45) is 2.93. The number of nitrogens with one attached hydrogen (secondary N) is 1. The molecule has 2 heterocycles. The summed E-state index contributed by atoms with van der Waals surface area (Å²) in [5.41, 5.74) is 1.52. The van der Waals surface area contributed by atoms with Crippen molar-refractivity contribution >= 4 is 27.0 Å². The molecule has 1 N–H and O–H groups in total. The van der Waals surface area contributed by atoms with E-state index in [0.717, 1.165) is 10.0 Å². The van der Waals surface area contributed by atoms with Gasteiger partial charge in [0.15, 0.2) is 5.65 Å². The van der Waals surface area contributed by atoms with Crippen LogP contribution in [0.5, 0.6) is 0 Å². The van der Waals surface area contributed by atoms with Gasteiger partial charge in [-0.1, -0.05) is 28.1 Å². The third-order valence-corrected chi connectivity index (χ3v) is 3.15. The van der Waals surface area contributed by atoms with Gasteiger partial charge in [-0.2, -0.15) is 5.10 Å². The number of fused-ring (bicyclic) bond motifs is 1. The second-order valence-corrected chi connectivity index (χ2v) is 4.82. The highest BCUT2D eigenvalue weighted by Gasteiger charge is 2.07. The normalized spacial score (nSPS) is 10.9. The molecule has 3 rings (SSSR count). The van der Waals surface area contributed by atoms with E-state index in [1.165, 1.54) is 6.33 Å². The molecular weight excluding hydrogens is 296 g/mol. The van der Waals surface area contributed by atoms with E-state index in [-0.39, 0.29) is 5.56 Å². The number of benzene rings is 1. The molecule has 0 unspecified atom stereocenters. The van der Waals surface area contributed by atoms with Crippen molar-refractivity contribution in [2.24, 2.45) is 0 Å². The van der Waals surface area contributed by atoms with Gasteiger partial charge in [0.05, 0.1) is 19.1 Å². The van der Waals surface area contributed by atoms with Crippen LogP contribution < -0.4 is 5.56 Å². The predicted octanol–water partition coefficient (Wildman–Crippen LogP) is 1.93. The van der Waals surface area contributed by atoms with Crippen LogP contribution in [0.3, 0.4) is 0 Å². The molecule has 6 heteroatoms. The molecular formula is C12H9BrN4O. The Labute approximate surface area is 111 Å². The number of aromatic amines is 1. The monoisotopic (exact) mass is 304 g/mol. The van der Waals surface area contributed by atoms with E-state index in [0.29, 0.717) is 17.6 Å². The zero-order chi connectivity index (χ0) is 12.5. The first-order valence-corrected chi connectivity index (χ1v) is 6.17. The van der Waals surface area contributed by atoms with Gasteiger partial charge in [-0.15, -0.1) is 0 Å². The second kappa shape index (κ2) is 4.38. The van der Waals surface area contributed by atoms with Crippen molar-refractivity contribution in [3.8, 4) is 0 Å². The molecule has 0 aliphatic heterocycles. The minimum Gasteiger partial charge on any atom is -0.312 e. The number of H-pyrrole nitrogens is 1. The van der Waals surface area contributed by atoms with Gasteiger partial charge < -0.3 is 4.98 Å². The maximum atomic E-state index is 11.5. The lowest BCUT2D eigenvalue weighted by Gasteiger charge is -2.03. The molecule has 0 atom stereocenters. The Bertz CT molecular complexity index is 762. The van der Waals surface area contributed by atoms with Crippen LogP contribution in [0.4, 0.5) is 0 Å². The van der Waals surface area contributed by atoms with Crippen LogP contribution in [0.2, 0.25) is 0 Å². The first-order valence-electron chi connectivity index (χ1n) is 5.38. The highest BCUT2D eigenvalue weighted by molar-refractivity contribution is 9.10. The molecule has 0 amide bonds. The van der Waals surface area contributed by atoms with Crippen LogP contribution >= 0.6 is 15.9 Å². The molecule has 5 nitrogen and oxygen atoms in total. The molecule has 0 aliphatic rings. The summed E-state index contributed by atoms with van der Waals surface area (Å²) in [6.45, 7) is 0.583. The van der Waals surface area contributed by atoms with Gasteiger partial charge >= 0.3 is 0 Å². The van der Waals surface area contributed by atoms with Crippen LogP contribution in [0, 0.1) is 0 Å². The quantitative estimate of drug-likeness (QED) is 0.787. The Morgan fingerprint density at radius 2 is 2.28 bits per heavy atom. The number of rotatable bonds is 2. The van der Waals surface area contributed by atoms with Crippen molar-refractivity contribution in [1.29, 1.82) is 0 Å². The second-order valence-electron chi connectivity index (χ2n) is 3.90. The number of hydrogen-bond donors (Lipinski definition) is 1. The molecule has 0 spiro atoms. The smallest absolute Gasteiger partial charge is 0.261 e. The van der Waals surface area contributed by atoms with Crippen LogP contribution in [-0.4, -0.2) is 19.7 Å². The summed E-state index contributed by atoms with van der Waals surface area (Å²) >= 11 is 3.43. The lowest BCUT2D eigenvalue weighted by molar-refractivity contribution is 0.703. The average Bonchev–Trinajstić information content (AvgIpc) is 2.74. The molecule has 0 saturated heterocycles. The average molecular weight is 305 g/mol. The minimum absolute atomic E-state index is 0.166. The maximum Gasteiger partial charge on any atom is 0.261 e. The van der Waals surface area contributed by atoms with Crippen LogP contribution in [0.15, 0.2) is 46.1 Å². The molecule has 3 aromatic rings. The van der Waals surface area contributed by atoms with E-state index >= 15 is 0 Å². The van der Waals surface area contributed by atoms with Gasteiger partial charge in [-0.3, -0.25) is 4.79 Å². The Morgan fingerprint density at radius 3 is 3.11 bits per heavy atom. The zero-order valence-corrected chi connectivity index (χ0v) is 10.9. The SMILES string of the molecule is O=c1[nH]cnc2c1cnn2Cc1cccc(Br)c1. The van der Waals surface area contributed by atoms with Crippen molar-refractivity contribution in [3.63, 3.8) is 0 Å². The fourth-order valence-corrected chi connectivity index (χ4v) is 2.28. The molecule has 0 aliphatic carbocycles. The number of halogens is 1. The van der Waals surface area contributed by atoms with E-state index in [2.05, 4.69) is 31.0 Å². The molecule has 0 fully saturated rings. The van der Waals surface area contributed by atoms with Crippen molar-refractivity contribution in [3.05, 3.63) is 57.2 Å². The summed E-state index contributed by atoms with van der Waals surface area (Å²) in [5.74, 6) is 0. The standard InChI is InChI=1S/C12H9BrN4O/c13-9-3-1-2-8(4-9)6-17-11-10(5-16-17)12(18)15-7-14-11/h1-5,7H,6H2,(H,14,15,18). The molecule has 0 radical (unpaired) electrons. The summed E-state index contributed by atoms with van der Waals surface area (Å²) in [6, 6.07) is 7.95. The third-order valence-electron chi connectivity index (χ3n) is 2.66. The summed E-state index contributed by atoms with van der Waals surface area (Å²) in [4.78, 5) is 18.2. The number of aromatic nitrogens is 4. The van der Waals surface area contributed by atoms with Gasteiger partial charge in [0.1, 0.15) is 5.39 Å². The largest absolute Gasteiger partial charge is 0.312 e. The molecule has 1 aromatic carbocycles. The summed E-state index contributed by atoms with van der Waals surface area (Å²) < 4.78 is 2.73. The molecule has 2 aromatic heterocycles. The topological polar surface area (TPSA) is 63.6 Å². The van der Waals surface area contributed by atoms with E-state index in [1.807, 2.05) is 24.3 Å². The lowest BCUT2D eigenvalue weighted by Crippen LogP contribution is -2.08. The predicted molar refractivity (Wildman–Crippen MR) is 71.4 cm³/mol. The van der Waals surface area contributed by atoms with Crippen molar-refractivity contribution in [2.75, 3.05) is 0 Å². The first-order chi connectivity index (χ1) is 8.74. The summed E-state index contributed by atoms with van der Waals surface area (Å²) in [7, 11) is 0. The fraction of sp³-hybridized carbons (Fsp3) is 0.0833. The van der Waals surface area contributed by atoms with E-state index in [4.69, 9.17) is 0 Å². The fourth-order valence-electron chi connectivity index (χ4n) is 1.83. The highest BCUT2D eigenvalue weighted by atomic mass is 79.9. The molecule has 0 saturated carbocycles. The van der Waals surface area contributed by atoms with E-state index in [9.17, 15) is 4.79 Å².